The van der Waals surface area contributed by atoms with Crippen LogP contribution in [0.2, 0.25) is 0 Å². The molecule has 2 aliphatic rings. The molecule has 0 amide bonds. The second-order valence-corrected chi connectivity index (χ2v) is 7.24. The van der Waals surface area contributed by atoms with Gasteiger partial charge < -0.3 is 4.90 Å². The molecule has 2 heteroatoms. The molecule has 3 rings (SSSR count). The normalized spacial score (nSPS) is 27.5. The number of hydrogen-bond donors (Lipinski definition) is 0. The van der Waals surface area contributed by atoms with Gasteiger partial charge in [-0.3, -0.25) is 4.79 Å². The monoisotopic (exact) mass is 285 g/mol. The van der Waals surface area contributed by atoms with Crippen LogP contribution in [0.4, 0.5) is 0 Å². The molecule has 0 aromatic heterocycles. The molecule has 114 valence electrons. The summed E-state index contributed by atoms with van der Waals surface area (Å²) in [6.07, 6.45) is 6.46. The number of aryl methyl sites for hydroxylation is 1. The molecule has 1 aromatic rings. The smallest absolute Gasteiger partial charge is 0.164 e. The molecule has 0 saturated heterocycles. The maximum Gasteiger partial charge on any atom is 0.164 e. The van der Waals surface area contributed by atoms with Gasteiger partial charge in [-0.15, -0.1) is 0 Å². The lowest BCUT2D eigenvalue weighted by Crippen LogP contribution is -2.30. The standard InChI is InChI=1S/C19H27NO/c1-14-3-6-16(7-4-14)19(21)9-10-20(2)13-18-12-15-5-8-17(18)11-15/h3-4,6-7,15,17-18H,5,8-13H2,1-2H3. The van der Waals surface area contributed by atoms with E-state index >= 15 is 0 Å². The van der Waals surface area contributed by atoms with Crippen molar-refractivity contribution in [2.24, 2.45) is 17.8 Å². The Morgan fingerprint density at radius 1 is 1.19 bits per heavy atom. The highest BCUT2D eigenvalue weighted by molar-refractivity contribution is 5.96. The second kappa shape index (κ2) is 6.31. The molecule has 1 aromatic carbocycles. The van der Waals surface area contributed by atoms with Crippen LogP contribution in [-0.2, 0) is 0 Å². The highest BCUT2D eigenvalue weighted by Crippen LogP contribution is 2.48. The van der Waals surface area contributed by atoms with Crippen LogP contribution in [0, 0.1) is 24.7 Å². The summed E-state index contributed by atoms with van der Waals surface area (Å²) in [5.41, 5.74) is 2.06. The Kier molecular flexibility index (Phi) is 4.44. The number of nitrogens with zero attached hydrogens (tertiary/aromatic N) is 1. The van der Waals surface area contributed by atoms with Gasteiger partial charge in [-0.2, -0.15) is 0 Å². The van der Waals surface area contributed by atoms with Crippen molar-refractivity contribution in [1.82, 2.24) is 4.90 Å². The van der Waals surface area contributed by atoms with Crippen molar-refractivity contribution in [1.29, 1.82) is 0 Å². The molecule has 0 radical (unpaired) electrons. The molecule has 0 N–H and O–H groups in total. The van der Waals surface area contributed by atoms with E-state index in [2.05, 4.69) is 18.9 Å². The maximum atomic E-state index is 12.2. The Labute approximate surface area is 128 Å². The Morgan fingerprint density at radius 3 is 2.57 bits per heavy atom. The fraction of sp³-hybridized carbons (Fsp3) is 0.632. The molecule has 3 atom stereocenters. The summed E-state index contributed by atoms with van der Waals surface area (Å²) in [7, 11) is 2.18. The van der Waals surface area contributed by atoms with Gasteiger partial charge in [-0.05, 0) is 51.0 Å². The summed E-state index contributed by atoms with van der Waals surface area (Å²) in [5.74, 6) is 3.16. The van der Waals surface area contributed by atoms with E-state index in [9.17, 15) is 4.79 Å². The average molecular weight is 285 g/mol. The van der Waals surface area contributed by atoms with Crippen LogP contribution in [-0.4, -0.2) is 30.8 Å². The molecular weight excluding hydrogens is 258 g/mol. The predicted molar refractivity (Wildman–Crippen MR) is 86.6 cm³/mol. The van der Waals surface area contributed by atoms with Gasteiger partial charge in [0.2, 0.25) is 0 Å². The van der Waals surface area contributed by atoms with Crippen LogP contribution in [0.15, 0.2) is 24.3 Å². The first-order valence-corrected chi connectivity index (χ1v) is 8.40. The topological polar surface area (TPSA) is 20.3 Å². The largest absolute Gasteiger partial charge is 0.306 e. The van der Waals surface area contributed by atoms with Crippen LogP contribution in [0.1, 0.15) is 48.0 Å². The highest BCUT2D eigenvalue weighted by atomic mass is 16.1. The number of carbonyl (C=O) groups excluding carboxylic acids is 1. The van der Waals surface area contributed by atoms with E-state index in [1.165, 1.54) is 37.8 Å². The molecule has 2 bridgehead atoms. The number of fused-ring (bicyclic) bond motifs is 2. The van der Waals surface area contributed by atoms with Crippen molar-refractivity contribution in [2.75, 3.05) is 20.1 Å². The van der Waals surface area contributed by atoms with E-state index in [1.807, 2.05) is 24.3 Å². The summed E-state index contributed by atoms with van der Waals surface area (Å²) in [5, 5.41) is 0. The fourth-order valence-electron chi connectivity index (χ4n) is 4.27. The van der Waals surface area contributed by atoms with Gasteiger partial charge >= 0.3 is 0 Å². The number of hydrogen-bond acceptors (Lipinski definition) is 2. The van der Waals surface area contributed by atoms with Crippen molar-refractivity contribution in [2.45, 2.75) is 39.0 Å². The Morgan fingerprint density at radius 2 is 1.95 bits per heavy atom. The number of rotatable bonds is 6. The fourth-order valence-corrected chi connectivity index (χ4v) is 4.27. The summed E-state index contributed by atoms with van der Waals surface area (Å²) in [6.45, 7) is 4.13. The zero-order valence-electron chi connectivity index (χ0n) is 13.3. The number of carbonyl (C=O) groups is 1. The molecule has 0 aliphatic heterocycles. The summed E-state index contributed by atoms with van der Waals surface area (Å²) >= 11 is 0. The summed E-state index contributed by atoms with van der Waals surface area (Å²) < 4.78 is 0. The Balaban J connectivity index is 1.44. The molecule has 2 fully saturated rings. The lowest BCUT2D eigenvalue weighted by atomic mass is 9.88. The van der Waals surface area contributed by atoms with Gasteiger partial charge in [0.15, 0.2) is 5.78 Å². The van der Waals surface area contributed by atoms with E-state index < -0.39 is 0 Å². The maximum absolute atomic E-state index is 12.2. The number of benzene rings is 1. The molecule has 2 saturated carbocycles. The van der Waals surface area contributed by atoms with Crippen LogP contribution in [0.25, 0.3) is 0 Å². The molecule has 21 heavy (non-hydrogen) atoms. The van der Waals surface area contributed by atoms with Gasteiger partial charge in [0.25, 0.3) is 0 Å². The molecule has 3 unspecified atom stereocenters. The van der Waals surface area contributed by atoms with E-state index in [-0.39, 0.29) is 5.78 Å². The van der Waals surface area contributed by atoms with Crippen molar-refractivity contribution in [3.8, 4) is 0 Å². The first-order chi connectivity index (χ1) is 10.1. The van der Waals surface area contributed by atoms with Crippen molar-refractivity contribution >= 4 is 5.78 Å². The minimum atomic E-state index is 0.273. The SMILES string of the molecule is Cc1ccc(C(=O)CCN(C)CC2CC3CCC2C3)cc1. The third-order valence-electron chi connectivity index (χ3n) is 5.52. The molecule has 0 spiro atoms. The quantitative estimate of drug-likeness (QED) is 0.738. The average Bonchev–Trinajstić information content (AvgIpc) is 3.08. The Hall–Kier alpha value is -1.15. The van der Waals surface area contributed by atoms with Gasteiger partial charge in [0, 0.05) is 25.1 Å². The number of Topliss-reactive ketones (excluding diaryl/α,β-unsaturated/α-hetero) is 1. The van der Waals surface area contributed by atoms with E-state index in [0.29, 0.717) is 6.42 Å². The predicted octanol–water partition coefficient (Wildman–Crippen LogP) is 3.94. The van der Waals surface area contributed by atoms with Crippen LogP contribution in [0.3, 0.4) is 0 Å². The minimum absolute atomic E-state index is 0.273. The van der Waals surface area contributed by atoms with E-state index in [4.69, 9.17) is 0 Å². The van der Waals surface area contributed by atoms with Crippen LogP contribution in [0.5, 0.6) is 0 Å². The molecule has 2 nitrogen and oxygen atoms in total. The third kappa shape index (κ3) is 3.55. The molecule has 2 aliphatic carbocycles. The van der Waals surface area contributed by atoms with E-state index in [1.54, 1.807) is 0 Å². The molecule has 0 heterocycles. The lowest BCUT2D eigenvalue weighted by Gasteiger charge is -2.27. The van der Waals surface area contributed by atoms with Crippen LogP contribution < -0.4 is 0 Å². The van der Waals surface area contributed by atoms with Gasteiger partial charge in [-0.1, -0.05) is 36.2 Å². The van der Waals surface area contributed by atoms with Gasteiger partial charge in [0.05, 0.1) is 0 Å². The first kappa shape index (κ1) is 14.8. The summed E-state index contributed by atoms with van der Waals surface area (Å²) in [6, 6.07) is 7.94. The third-order valence-corrected chi connectivity index (χ3v) is 5.52. The summed E-state index contributed by atoms with van der Waals surface area (Å²) in [4.78, 5) is 14.6. The highest BCUT2D eigenvalue weighted by Gasteiger charge is 2.39. The van der Waals surface area contributed by atoms with Gasteiger partial charge in [0.1, 0.15) is 0 Å². The Bertz CT molecular complexity index is 493. The van der Waals surface area contributed by atoms with E-state index in [0.717, 1.165) is 29.9 Å². The van der Waals surface area contributed by atoms with Crippen molar-refractivity contribution in [3.05, 3.63) is 35.4 Å². The second-order valence-electron chi connectivity index (χ2n) is 7.24. The zero-order valence-corrected chi connectivity index (χ0v) is 13.3. The van der Waals surface area contributed by atoms with Crippen LogP contribution >= 0.6 is 0 Å². The van der Waals surface area contributed by atoms with Crippen molar-refractivity contribution < 1.29 is 4.79 Å². The molecular formula is C19H27NO. The first-order valence-electron chi connectivity index (χ1n) is 8.40. The lowest BCUT2D eigenvalue weighted by molar-refractivity contribution is 0.0963. The number of ketones is 1. The minimum Gasteiger partial charge on any atom is -0.306 e. The van der Waals surface area contributed by atoms with Gasteiger partial charge in [-0.25, -0.2) is 0 Å². The van der Waals surface area contributed by atoms with Crippen molar-refractivity contribution in [3.63, 3.8) is 0 Å². The zero-order chi connectivity index (χ0) is 14.8.